The number of piperazine rings is 2. The first-order valence-electron chi connectivity index (χ1n) is 8.26. The summed E-state index contributed by atoms with van der Waals surface area (Å²) in [5, 5.41) is 2.00. The summed E-state index contributed by atoms with van der Waals surface area (Å²) in [7, 11) is 4.23. The highest BCUT2D eigenvalue weighted by molar-refractivity contribution is 5.94. The van der Waals surface area contributed by atoms with Gasteiger partial charge in [-0.25, -0.2) is 9.99 Å². The Bertz CT molecular complexity index is 535. The number of anilines is 1. The summed E-state index contributed by atoms with van der Waals surface area (Å²) in [6.07, 6.45) is 1.73. The zero-order valence-corrected chi connectivity index (χ0v) is 14.0. The molecule has 1 N–H and O–H groups in total. The van der Waals surface area contributed by atoms with Crippen molar-refractivity contribution in [2.24, 2.45) is 0 Å². The standard InChI is InChI=1S/C16H26N6O/c1-19-5-9-21(10-6-19)15-13-14(3-4-17-15)16(23)18-22-11-7-20(2)8-12-22/h3-4,13H,5-12H2,1-2H3,(H,18,23). The number of aromatic nitrogens is 1. The largest absolute Gasteiger partial charge is 0.354 e. The number of nitrogens with zero attached hydrogens (tertiary/aromatic N) is 5. The molecule has 2 aliphatic heterocycles. The van der Waals surface area contributed by atoms with Crippen LogP contribution in [0.15, 0.2) is 18.3 Å². The summed E-state index contributed by atoms with van der Waals surface area (Å²) < 4.78 is 0. The van der Waals surface area contributed by atoms with Crippen molar-refractivity contribution in [2.45, 2.75) is 0 Å². The van der Waals surface area contributed by atoms with E-state index in [4.69, 9.17) is 0 Å². The molecule has 2 fully saturated rings. The molecule has 7 nitrogen and oxygen atoms in total. The second kappa shape index (κ2) is 7.25. The molecule has 7 heteroatoms. The Morgan fingerprint density at radius 3 is 2.26 bits per heavy atom. The molecule has 0 bridgehead atoms. The maximum Gasteiger partial charge on any atom is 0.265 e. The number of hydrogen-bond donors (Lipinski definition) is 1. The molecule has 1 aromatic heterocycles. The van der Waals surface area contributed by atoms with E-state index >= 15 is 0 Å². The number of rotatable bonds is 3. The number of amides is 1. The Balaban J connectivity index is 1.61. The van der Waals surface area contributed by atoms with Gasteiger partial charge in [0.05, 0.1) is 0 Å². The van der Waals surface area contributed by atoms with Gasteiger partial charge in [0.1, 0.15) is 5.82 Å². The third-order valence-corrected chi connectivity index (χ3v) is 4.60. The van der Waals surface area contributed by atoms with Crippen LogP contribution in [-0.2, 0) is 0 Å². The SMILES string of the molecule is CN1CCN(NC(=O)c2ccnc(N3CCN(C)CC3)c2)CC1. The lowest BCUT2D eigenvalue weighted by Gasteiger charge is -2.33. The van der Waals surface area contributed by atoms with Gasteiger partial charge in [-0.3, -0.25) is 10.2 Å². The minimum absolute atomic E-state index is 0.0488. The van der Waals surface area contributed by atoms with Crippen molar-refractivity contribution in [3.63, 3.8) is 0 Å². The average molecular weight is 318 g/mol. The van der Waals surface area contributed by atoms with Gasteiger partial charge in [-0.1, -0.05) is 0 Å². The summed E-state index contributed by atoms with van der Waals surface area (Å²) in [5.74, 6) is 0.844. The first kappa shape index (κ1) is 16.2. The van der Waals surface area contributed by atoms with Crippen LogP contribution in [0.5, 0.6) is 0 Å². The molecule has 2 aliphatic rings. The van der Waals surface area contributed by atoms with E-state index in [9.17, 15) is 4.79 Å². The van der Waals surface area contributed by atoms with Gasteiger partial charge in [0.25, 0.3) is 5.91 Å². The number of hydrogen-bond acceptors (Lipinski definition) is 6. The van der Waals surface area contributed by atoms with Gasteiger partial charge in [-0.05, 0) is 26.2 Å². The Morgan fingerprint density at radius 2 is 1.61 bits per heavy atom. The molecule has 3 heterocycles. The molecule has 0 spiro atoms. The van der Waals surface area contributed by atoms with E-state index < -0.39 is 0 Å². The molecule has 0 radical (unpaired) electrons. The second-order valence-electron chi connectivity index (χ2n) is 6.42. The zero-order valence-electron chi connectivity index (χ0n) is 14.0. The van der Waals surface area contributed by atoms with Gasteiger partial charge in [0, 0.05) is 64.1 Å². The number of hydrazine groups is 1. The van der Waals surface area contributed by atoms with Crippen molar-refractivity contribution >= 4 is 11.7 Å². The summed E-state index contributed by atoms with van der Waals surface area (Å²) in [6, 6.07) is 3.68. The summed E-state index contributed by atoms with van der Waals surface area (Å²) in [6.45, 7) is 7.63. The fraction of sp³-hybridized carbons (Fsp3) is 0.625. The molecule has 1 aromatic rings. The van der Waals surface area contributed by atoms with Crippen molar-refractivity contribution in [1.29, 1.82) is 0 Å². The van der Waals surface area contributed by atoms with Crippen LogP contribution >= 0.6 is 0 Å². The number of likely N-dealkylation sites (N-methyl/N-ethyl adjacent to an activating group) is 2. The van der Waals surface area contributed by atoms with Crippen LogP contribution in [0, 0.1) is 0 Å². The Hall–Kier alpha value is -1.70. The Kier molecular flexibility index (Phi) is 5.09. The van der Waals surface area contributed by atoms with Crippen LogP contribution in [-0.4, -0.2) is 92.2 Å². The molecule has 0 atom stereocenters. The van der Waals surface area contributed by atoms with Crippen molar-refractivity contribution in [3.8, 4) is 0 Å². The predicted octanol–water partition coefficient (Wildman–Crippen LogP) is -0.274. The van der Waals surface area contributed by atoms with Crippen molar-refractivity contribution in [1.82, 2.24) is 25.2 Å². The topological polar surface area (TPSA) is 55.0 Å². The van der Waals surface area contributed by atoms with E-state index in [-0.39, 0.29) is 5.91 Å². The molecule has 0 unspecified atom stereocenters. The first-order chi connectivity index (χ1) is 11.1. The molecular weight excluding hydrogens is 292 g/mol. The highest BCUT2D eigenvalue weighted by atomic mass is 16.2. The van der Waals surface area contributed by atoms with Gasteiger partial charge in [0.15, 0.2) is 0 Å². The normalized spacial score (nSPS) is 21.4. The minimum Gasteiger partial charge on any atom is -0.354 e. The van der Waals surface area contributed by atoms with Crippen molar-refractivity contribution < 1.29 is 4.79 Å². The molecule has 126 valence electrons. The van der Waals surface area contributed by atoms with Crippen LogP contribution in [0.3, 0.4) is 0 Å². The van der Waals surface area contributed by atoms with Crippen molar-refractivity contribution in [2.75, 3.05) is 71.4 Å². The number of pyridine rings is 1. The maximum absolute atomic E-state index is 12.5. The lowest BCUT2D eigenvalue weighted by atomic mass is 10.2. The molecule has 0 saturated carbocycles. The monoisotopic (exact) mass is 318 g/mol. The molecule has 23 heavy (non-hydrogen) atoms. The first-order valence-corrected chi connectivity index (χ1v) is 8.26. The van der Waals surface area contributed by atoms with Crippen LogP contribution in [0.4, 0.5) is 5.82 Å². The van der Waals surface area contributed by atoms with Crippen LogP contribution in [0.1, 0.15) is 10.4 Å². The van der Waals surface area contributed by atoms with E-state index in [0.29, 0.717) is 5.56 Å². The Labute approximate surface area is 137 Å². The lowest BCUT2D eigenvalue weighted by molar-refractivity contribution is 0.0662. The van der Waals surface area contributed by atoms with E-state index in [0.717, 1.165) is 58.2 Å². The van der Waals surface area contributed by atoms with Gasteiger partial charge < -0.3 is 14.7 Å². The molecule has 1 amide bonds. The number of nitrogens with one attached hydrogen (secondary N) is 1. The van der Waals surface area contributed by atoms with Gasteiger partial charge in [0.2, 0.25) is 0 Å². The minimum atomic E-state index is -0.0488. The molecule has 0 aromatic carbocycles. The fourth-order valence-electron chi connectivity index (χ4n) is 2.89. The number of carbonyl (C=O) groups is 1. The number of carbonyl (C=O) groups excluding carboxylic acids is 1. The van der Waals surface area contributed by atoms with Crippen molar-refractivity contribution in [3.05, 3.63) is 23.9 Å². The summed E-state index contributed by atoms with van der Waals surface area (Å²) in [5.41, 5.74) is 3.68. The molecule has 0 aliphatic carbocycles. The highest BCUT2D eigenvalue weighted by Crippen LogP contribution is 2.15. The smallest absolute Gasteiger partial charge is 0.265 e. The maximum atomic E-state index is 12.5. The fourth-order valence-corrected chi connectivity index (χ4v) is 2.89. The van der Waals surface area contributed by atoms with Gasteiger partial charge in [-0.15, -0.1) is 0 Å². The molecule has 3 rings (SSSR count). The summed E-state index contributed by atoms with van der Waals surface area (Å²) >= 11 is 0. The quantitative estimate of drug-likeness (QED) is 0.828. The zero-order chi connectivity index (χ0) is 16.2. The van der Waals surface area contributed by atoms with E-state index in [1.165, 1.54) is 0 Å². The van der Waals surface area contributed by atoms with E-state index in [1.807, 2.05) is 11.1 Å². The van der Waals surface area contributed by atoms with E-state index in [1.54, 1.807) is 12.3 Å². The Morgan fingerprint density at radius 1 is 1.00 bits per heavy atom. The van der Waals surface area contributed by atoms with Crippen LogP contribution in [0.25, 0.3) is 0 Å². The van der Waals surface area contributed by atoms with Gasteiger partial charge in [-0.2, -0.15) is 0 Å². The lowest BCUT2D eigenvalue weighted by Crippen LogP contribution is -2.52. The van der Waals surface area contributed by atoms with Crippen LogP contribution < -0.4 is 10.3 Å². The van der Waals surface area contributed by atoms with E-state index in [2.05, 4.69) is 39.2 Å². The summed E-state index contributed by atoms with van der Waals surface area (Å²) in [4.78, 5) is 23.7. The molecule has 2 saturated heterocycles. The second-order valence-corrected chi connectivity index (χ2v) is 6.42. The molecular formula is C16H26N6O. The highest BCUT2D eigenvalue weighted by Gasteiger charge is 2.19. The van der Waals surface area contributed by atoms with Gasteiger partial charge >= 0.3 is 0 Å². The van der Waals surface area contributed by atoms with Crippen LogP contribution in [0.2, 0.25) is 0 Å². The third kappa shape index (κ3) is 4.19. The average Bonchev–Trinajstić information content (AvgIpc) is 2.58. The predicted molar refractivity (Wildman–Crippen MR) is 90.5 cm³/mol. The third-order valence-electron chi connectivity index (χ3n) is 4.60.